The standard InChI is InChI=1S/C14H15ClFNS/c1-8-7-9(2)18-14(8)13(17-3)10-5-4-6-11(16)12(10)15/h4-7,13,17H,1-3H3. The van der Waals surface area contributed by atoms with Crippen molar-refractivity contribution in [2.24, 2.45) is 0 Å². The van der Waals surface area contributed by atoms with E-state index in [1.54, 1.807) is 17.4 Å². The molecule has 1 aromatic heterocycles. The quantitative estimate of drug-likeness (QED) is 0.876. The average molecular weight is 284 g/mol. The van der Waals surface area contributed by atoms with Crippen LogP contribution in [-0.2, 0) is 0 Å². The van der Waals surface area contributed by atoms with Gasteiger partial charge in [0.1, 0.15) is 5.82 Å². The molecule has 0 fully saturated rings. The lowest BCUT2D eigenvalue weighted by molar-refractivity contribution is 0.618. The van der Waals surface area contributed by atoms with Crippen molar-refractivity contribution in [3.8, 4) is 0 Å². The molecule has 18 heavy (non-hydrogen) atoms. The Kier molecular flexibility index (Phi) is 4.05. The molecular formula is C14H15ClFNS. The minimum Gasteiger partial charge on any atom is -0.309 e. The van der Waals surface area contributed by atoms with Gasteiger partial charge in [0.2, 0.25) is 0 Å². The van der Waals surface area contributed by atoms with Crippen LogP contribution in [0.2, 0.25) is 5.02 Å². The number of aryl methyl sites for hydroxylation is 2. The van der Waals surface area contributed by atoms with Crippen LogP contribution in [0.4, 0.5) is 4.39 Å². The molecule has 0 aliphatic carbocycles. The Morgan fingerprint density at radius 1 is 1.33 bits per heavy atom. The fraction of sp³-hybridized carbons (Fsp3) is 0.286. The number of thiophene rings is 1. The first-order valence-electron chi connectivity index (χ1n) is 5.72. The van der Waals surface area contributed by atoms with Crippen LogP contribution in [0.15, 0.2) is 24.3 Å². The molecule has 0 spiro atoms. The van der Waals surface area contributed by atoms with Crippen molar-refractivity contribution in [3.05, 3.63) is 56.0 Å². The summed E-state index contributed by atoms with van der Waals surface area (Å²) in [5, 5.41) is 3.41. The number of benzene rings is 1. The Morgan fingerprint density at radius 2 is 2.06 bits per heavy atom. The maximum atomic E-state index is 13.5. The fourth-order valence-electron chi connectivity index (χ4n) is 2.12. The number of hydrogen-bond acceptors (Lipinski definition) is 2. The van der Waals surface area contributed by atoms with E-state index in [4.69, 9.17) is 11.6 Å². The Labute approximate surface area is 116 Å². The molecule has 0 radical (unpaired) electrons. The van der Waals surface area contributed by atoms with E-state index in [0.717, 1.165) is 5.56 Å². The van der Waals surface area contributed by atoms with E-state index in [1.165, 1.54) is 21.4 Å². The van der Waals surface area contributed by atoms with Gasteiger partial charge in [0, 0.05) is 9.75 Å². The second kappa shape index (κ2) is 5.39. The molecule has 0 aliphatic rings. The fourth-order valence-corrected chi connectivity index (χ4v) is 3.52. The monoisotopic (exact) mass is 283 g/mol. The zero-order valence-electron chi connectivity index (χ0n) is 10.6. The van der Waals surface area contributed by atoms with E-state index in [-0.39, 0.29) is 16.9 Å². The minimum atomic E-state index is -0.375. The normalized spacial score (nSPS) is 12.7. The smallest absolute Gasteiger partial charge is 0.142 e. The second-order valence-corrected chi connectivity index (χ2v) is 5.93. The van der Waals surface area contributed by atoms with Crippen LogP contribution < -0.4 is 5.32 Å². The van der Waals surface area contributed by atoms with Gasteiger partial charge in [-0.25, -0.2) is 4.39 Å². The van der Waals surface area contributed by atoms with Gasteiger partial charge in [-0.2, -0.15) is 0 Å². The summed E-state index contributed by atoms with van der Waals surface area (Å²) in [6, 6.07) is 7.01. The highest BCUT2D eigenvalue weighted by atomic mass is 35.5. The largest absolute Gasteiger partial charge is 0.309 e. The molecule has 1 atom stereocenters. The summed E-state index contributed by atoms with van der Waals surface area (Å²) < 4.78 is 13.5. The molecule has 2 aromatic rings. The molecule has 2 rings (SSSR count). The van der Waals surface area contributed by atoms with Gasteiger partial charge >= 0.3 is 0 Å². The van der Waals surface area contributed by atoms with E-state index < -0.39 is 0 Å². The third-order valence-corrected chi connectivity index (χ3v) is 4.54. The molecule has 96 valence electrons. The first-order valence-corrected chi connectivity index (χ1v) is 6.92. The Bertz CT molecular complexity index is 565. The first-order chi connectivity index (χ1) is 8.54. The third kappa shape index (κ3) is 2.44. The van der Waals surface area contributed by atoms with Crippen molar-refractivity contribution in [1.29, 1.82) is 0 Å². The summed E-state index contributed by atoms with van der Waals surface area (Å²) in [5.74, 6) is -0.375. The number of halogens is 2. The summed E-state index contributed by atoms with van der Waals surface area (Å²) in [7, 11) is 1.86. The molecular weight excluding hydrogens is 269 g/mol. The molecule has 4 heteroatoms. The maximum absolute atomic E-state index is 13.5. The predicted octanol–water partition coefficient (Wildman–Crippen LogP) is 4.47. The van der Waals surface area contributed by atoms with Gasteiger partial charge in [-0.15, -0.1) is 11.3 Å². The molecule has 0 saturated carbocycles. The molecule has 1 unspecified atom stereocenters. The SMILES string of the molecule is CNC(c1cccc(F)c1Cl)c1sc(C)cc1C. The molecule has 1 N–H and O–H groups in total. The van der Waals surface area contributed by atoms with E-state index >= 15 is 0 Å². The predicted molar refractivity (Wildman–Crippen MR) is 76.1 cm³/mol. The van der Waals surface area contributed by atoms with E-state index in [9.17, 15) is 4.39 Å². The maximum Gasteiger partial charge on any atom is 0.142 e. The van der Waals surface area contributed by atoms with Crippen molar-refractivity contribution in [2.45, 2.75) is 19.9 Å². The first kappa shape index (κ1) is 13.5. The van der Waals surface area contributed by atoms with Crippen LogP contribution in [0.5, 0.6) is 0 Å². The van der Waals surface area contributed by atoms with Gasteiger partial charge in [0.25, 0.3) is 0 Å². The summed E-state index contributed by atoms with van der Waals surface area (Å²) >= 11 is 7.78. The van der Waals surface area contributed by atoms with Crippen molar-refractivity contribution in [3.63, 3.8) is 0 Å². The lowest BCUT2D eigenvalue weighted by Gasteiger charge is -2.18. The van der Waals surface area contributed by atoms with Gasteiger partial charge in [0.15, 0.2) is 0 Å². The van der Waals surface area contributed by atoms with E-state index in [0.29, 0.717) is 0 Å². The van der Waals surface area contributed by atoms with E-state index in [1.807, 2.05) is 13.1 Å². The van der Waals surface area contributed by atoms with Gasteiger partial charge in [-0.1, -0.05) is 23.7 Å². The zero-order valence-corrected chi connectivity index (χ0v) is 12.1. The van der Waals surface area contributed by atoms with Crippen molar-refractivity contribution in [1.82, 2.24) is 5.32 Å². The van der Waals surface area contributed by atoms with Gasteiger partial charge in [-0.3, -0.25) is 0 Å². The Balaban J connectivity index is 2.52. The molecule has 1 heterocycles. The lowest BCUT2D eigenvalue weighted by Crippen LogP contribution is -2.18. The van der Waals surface area contributed by atoms with Crippen molar-refractivity contribution in [2.75, 3.05) is 7.05 Å². The van der Waals surface area contributed by atoms with Crippen LogP contribution in [0.1, 0.15) is 26.9 Å². The molecule has 0 amide bonds. The van der Waals surface area contributed by atoms with E-state index in [2.05, 4.69) is 25.2 Å². The number of nitrogens with one attached hydrogen (secondary N) is 1. The zero-order chi connectivity index (χ0) is 13.3. The van der Waals surface area contributed by atoms with Crippen LogP contribution in [0.25, 0.3) is 0 Å². The second-order valence-electron chi connectivity index (χ2n) is 4.27. The van der Waals surface area contributed by atoms with Crippen molar-refractivity contribution >= 4 is 22.9 Å². The Hall–Kier alpha value is -0.900. The molecule has 0 aliphatic heterocycles. The number of hydrogen-bond donors (Lipinski definition) is 1. The topological polar surface area (TPSA) is 12.0 Å². The summed E-state index contributed by atoms with van der Waals surface area (Å²) in [6.07, 6.45) is 0. The minimum absolute atomic E-state index is 0.0631. The molecule has 1 aromatic carbocycles. The Morgan fingerprint density at radius 3 is 2.61 bits per heavy atom. The third-order valence-electron chi connectivity index (χ3n) is 2.92. The molecule has 0 saturated heterocycles. The summed E-state index contributed by atoms with van der Waals surface area (Å²) in [5.41, 5.74) is 1.99. The van der Waals surface area contributed by atoms with Gasteiger partial charge < -0.3 is 5.32 Å². The lowest BCUT2D eigenvalue weighted by atomic mass is 10.0. The van der Waals surface area contributed by atoms with Crippen LogP contribution in [0.3, 0.4) is 0 Å². The number of rotatable bonds is 3. The van der Waals surface area contributed by atoms with Gasteiger partial charge in [0.05, 0.1) is 11.1 Å². The average Bonchev–Trinajstić information content (AvgIpc) is 2.65. The highest BCUT2D eigenvalue weighted by Gasteiger charge is 2.20. The summed E-state index contributed by atoms with van der Waals surface area (Å²) in [6.45, 7) is 4.14. The van der Waals surface area contributed by atoms with Gasteiger partial charge in [-0.05, 0) is 44.2 Å². The van der Waals surface area contributed by atoms with Crippen LogP contribution in [-0.4, -0.2) is 7.05 Å². The van der Waals surface area contributed by atoms with Crippen molar-refractivity contribution < 1.29 is 4.39 Å². The highest BCUT2D eigenvalue weighted by molar-refractivity contribution is 7.12. The van der Waals surface area contributed by atoms with Crippen LogP contribution in [0, 0.1) is 19.7 Å². The molecule has 0 bridgehead atoms. The molecule has 1 nitrogen and oxygen atoms in total. The summed E-state index contributed by atoms with van der Waals surface area (Å²) in [4.78, 5) is 2.43. The van der Waals surface area contributed by atoms with Crippen LogP contribution >= 0.6 is 22.9 Å². The highest BCUT2D eigenvalue weighted by Crippen LogP contribution is 2.35.